The number of aryl methyl sites for hydroxylation is 1. The molecule has 1 aromatic heterocycles. The Morgan fingerprint density at radius 2 is 2.12 bits per heavy atom. The summed E-state index contributed by atoms with van der Waals surface area (Å²) >= 11 is 4.94. The Balaban J connectivity index is 2.22. The number of hydrogen-bond acceptors (Lipinski definition) is 3. The SMILES string of the molecule is Cc1cc(Sc2ccc(Br)cn2)ccc1C#N. The molecule has 84 valence electrons. The van der Waals surface area contributed by atoms with Crippen molar-refractivity contribution in [3.05, 3.63) is 52.1 Å². The standard InChI is InChI=1S/C13H9BrN2S/c1-9-6-12(4-2-10(9)7-15)17-13-5-3-11(14)8-16-13/h2-6,8H,1H3. The lowest BCUT2D eigenvalue weighted by Crippen LogP contribution is -1.84. The number of aromatic nitrogens is 1. The minimum Gasteiger partial charge on any atom is -0.248 e. The van der Waals surface area contributed by atoms with Crippen LogP contribution >= 0.6 is 27.7 Å². The fourth-order valence-corrected chi connectivity index (χ4v) is 2.46. The van der Waals surface area contributed by atoms with E-state index in [0.29, 0.717) is 0 Å². The van der Waals surface area contributed by atoms with E-state index in [4.69, 9.17) is 5.26 Å². The highest BCUT2D eigenvalue weighted by molar-refractivity contribution is 9.10. The van der Waals surface area contributed by atoms with E-state index in [1.807, 2.05) is 37.3 Å². The molecule has 2 nitrogen and oxygen atoms in total. The maximum absolute atomic E-state index is 8.86. The van der Waals surface area contributed by atoms with Gasteiger partial charge in [0, 0.05) is 15.6 Å². The molecule has 0 N–H and O–H groups in total. The molecule has 1 heterocycles. The Labute approximate surface area is 113 Å². The normalized spacial score (nSPS) is 9.94. The van der Waals surface area contributed by atoms with Crippen molar-refractivity contribution in [1.82, 2.24) is 4.98 Å². The molecule has 0 aliphatic carbocycles. The van der Waals surface area contributed by atoms with Gasteiger partial charge in [-0.15, -0.1) is 0 Å². The summed E-state index contributed by atoms with van der Waals surface area (Å²) in [5.41, 5.74) is 1.72. The highest BCUT2D eigenvalue weighted by Crippen LogP contribution is 2.28. The molecule has 0 unspecified atom stereocenters. The number of nitriles is 1. The lowest BCUT2D eigenvalue weighted by molar-refractivity contribution is 1.12. The molecule has 0 spiro atoms. The molecule has 0 amide bonds. The molecular weight excluding hydrogens is 296 g/mol. The fourth-order valence-electron chi connectivity index (χ4n) is 1.37. The van der Waals surface area contributed by atoms with Crippen LogP contribution in [0.3, 0.4) is 0 Å². The molecule has 1 aromatic carbocycles. The highest BCUT2D eigenvalue weighted by Gasteiger charge is 2.02. The second-order valence-electron chi connectivity index (χ2n) is 3.51. The summed E-state index contributed by atoms with van der Waals surface area (Å²) in [6.45, 7) is 1.94. The van der Waals surface area contributed by atoms with E-state index in [9.17, 15) is 0 Å². The van der Waals surface area contributed by atoms with E-state index < -0.39 is 0 Å². The van der Waals surface area contributed by atoms with Gasteiger partial charge in [0.1, 0.15) is 5.03 Å². The van der Waals surface area contributed by atoms with Gasteiger partial charge in [-0.25, -0.2) is 4.98 Å². The van der Waals surface area contributed by atoms with Gasteiger partial charge in [-0.2, -0.15) is 5.26 Å². The van der Waals surface area contributed by atoms with Gasteiger partial charge < -0.3 is 0 Å². The van der Waals surface area contributed by atoms with Gasteiger partial charge in [0.05, 0.1) is 11.6 Å². The van der Waals surface area contributed by atoms with Crippen molar-refractivity contribution in [3.63, 3.8) is 0 Å². The summed E-state index contributed by atoms with van der Waals surface area (Å²) in [6.07, 6.45) is 1.78. The lowest BCUT2D eigenvalue weighted by Gasteiger charge is -2.03. The van der Waals surface area contributed by atoms with Gasteiger partial charge in [-0.3, -0.25) is 0 Å². The summed E-state index contributed by atoms with van der Waals surface area (Å²) in [5.74, 6) is 0. The number of benzene rings is 1. The van der Waals surface area contributed by atoms with E-state index in [-0.39, 0.29) is 0 Å². The van der Waals surface area contributed by atoms with E-state index in [2.05, 4.69) is 27.0 Å². The van der Waals surface area contributed by atoms with Crippen LogP contribution in [0.15, 0.2) is 50.9 Å². The number of nitrogens with zero attached hydrogens (tertiary/aromatic N) is 2. The average molecular weight is 305 g/mol. The van der Waals surface area contributed by atoms with Gasteiger partial charge in [0.2, 0.25) is 0 Å². The Morgan fingerprint density at radius 3 is 2.71 bits per heavy atom. The van der Waals surface area contributed by atoms with Gasteiger partial charge in [-0.05, 0) is 58.7 Å². The number of pyridine rings is 1. The number of hydrogen-bond donors (Lipinski definition) is 0. The van der Waals surface area contributed by atoms with Gasteiger partial charge >= 0.3 is 0 Å². The molecule has 0 aliphatic rings. The summed E-state index contributed by atoms with van der Waals surface area (Å²) in [5, 5.41) is 9.80. The van der Waals surface area contributed by atoms with Crippen LogP contribution in [0.1, 0.15) is 11.1 Å². The van der Waals surface area contributed by atoms with Crippen molar-refractivity contribution < 1.29 is 0 Å². The third-order valence-corrected chi connectivity index (χ3v) is 3.65. The molecule has 0 aliphatic heterocycles. The van der Waals surface area contributed by atoms with Crippen molar-refractivity contribution in [3.8, 4) is 6.07 Å². The van der Waals surface area contributed by atoms with Crippen LogP contribution in [-0.4, -0.2) is 4.98 Å². The average Bonchev–Trinajstić information content (AvgIpc) is 2.32. The van der Waals surface area contributed by atoms with Crippen molar-refractivity contribution in [2.75, 3.05) is 0 Å². The van der Waals surface area contributed by atoms with E-state index >= 15 is 0 Å². The number of halogens is 1. The van der Waals surface area contributed by atoms with Crippen molar-refractivity contribution in [2.45, 2.75) is 16.8 Å². The summed E-state index contributed by atoms with van der Waals surface area (Å²) < 4.78 is 0.970. The van der Waals surface area contributed by atoms with Crippen LogP contribution < -0.4 is 0 Å². The van der Waals surface area contributed by atoms with Gasteiger partial charge in [-0.1, -0.05) is 11.8 Å². The Kier molecular flexibility index (Phi) is 3.82. The zero-order valence-electron chi connectivity index (χ0n) is 9.14. The summed E-state index contributed by atoms with van der Waals surface area (Å²) in [7, 11) is 0. The van der Waals surface area contributed by atoms with Crippen LogP contribution in [0.2, 0.25) is 0 Å². The summed E-state index contributed by atoms with van der Waals surface area (Å²) in [4.78, 5) is 5.39. The molecule has 0 atom stereocenters. The second kappa shape index (κ2) is 5.35. The van der Waals surface area contributed by atoms with E-state index in [1.165, 1.54) is 0 Å². The van der Waals surface area contributed by atoms with Crippen LogP contribution in [0.5, 0.6) is 0 Å². The van der Waals surface area contributed by atoms with Gasteiger partial charge in [0.25, 0.3) is 0 Å². The van der Waals surface area contributed by atoms with E-state index in [0.717, 1.165) is 25.5 Å². The first kappa shape index (κ1) is 12.2. The molecule has 2 rings (SSSR count). The summed E-state index contributed by atoms with van der Waals surface area (Å²) in [6, 6.07) is 11.9. The molecule has 0 bridgehead atoms. The van der Waals surface area contributed by atoms with E-state index in [1.54, 1.807) is 18.0 Å². The number of rotatable bonds is 2. The molecule has 0 saturated carbocycles. The lowest BCUT2D eigenvalue weighted by atomic mass is 10.1. The second-order valence-corrected chi connectivity index (χ2v) is 5.51. The fraction of sp³-hybridized carbons (Fsp3) is 0.0769. The van der Waals surface area contributed by atoms with Crippen molar-refractivity contribution in [1.29, 1.82) is 5.26 Å². The Bertz CT molecular complexity index is 573. The van der Waals surface area contributed by atoms with Crippen LogP contribution in [0.4, 0.5) is 0 Å². The minimum absolute atomic E-state index is 0.720. The minimum atomic E-state index is 0.720. The van der Waals surface area contributed by atoms with Gasteiger partial charge in [0.15, 0.2) is 0 Å². The molecular formula is C13H9BrN2S. The first-order valence-corrected chi connectivity index (χ1v) is 6.60. The molecule has 0 saturated heterocycles. The quantitative estimate of drug-likeness (QED) is 0.835. The Hall–Kier alpha value is -1.31. The smallest absolute Gasteiger partial charge is 0.101 e. The zero-order valence-corrected chi connectivity index (χ0v) is 11.5. The molecule has 0 radical (unpaired) electrons. The Morgan fingerprint density at radius 1 is 1.29 bits per heavy atom. The van der Waals surface area contributed by atoms with Crippen molar-refractivity contribution >= 4 is 27.7 Å². The van der Waals surface area contributed by atoms with Crippen LogP contribution in [0, 0.1) is 18.3 Å². The van der Waals surface area contributed by atoms with Crippen molar-refractivity contribution in [2.24, 2.45) is 0 Å². The maximum atomic E-state index is 8.86. The molecule has 4 heteroatoms. The predicted molar refractivity (Wildman–Crippen MR) is 72.0 cm³/mol. The predicted octanol–water partition coefficient (Wildman–Crippen LogP) is 4.18. The van der Waals surface area contributed by atoms with Crippen LogP contribution in [-0.2, 0) is 0 Å². The molecule has 17 heavy (non-hydrogen) atoms. The third kappa shape index (κ3) is 3.09. The molecule has 0 fully saturated rings. The first-order chi connectivity index (χ1) is 8.19. The van der Waals surface area contributed by atoms with Crippen LogP contribution in [0.25, 0.3) is 0 Å². The topological polar surface area (TPSA) is 36.7 Å². The third-order valence-electron chi connectivity index (χ3n) is 2.24. The highest BCUT2D eigenvalue weighted by atomic mass is 79.9. The first-order valence-electron chi connectivity index (χ1n) is 4.99. The molecule has 2 aromatic rings. The monoisotopic (exact) mass is 304 g/mol. The maximum Gasteiger partial charge on any atom is 0.101 e. The zero-order chi connectivity index (χ0) is 12.3. The largest absolute Gasteiger partial charge is 0.248 e.